The van der Waals surface area contributed by atoms with Crippen molar-refractivity contribution in [3.8, 4) is 0 Å². The van der Waals surface area contributed by atoms with E-state index in [4.69, 9.17) is 5.73 Å². The van der Waals surface area contributed by atoms with Crippen molar-refractivity contribution >= 4 is 21.4 Å². The summed E-state index contributed by atoms with van der Waals surface area (Å²) in [7, 11) is -3.07. The zero-order chi connectivity index (χ0) is 14.0. The standard InChI is InChI=1S/C12H21N3O2S2/c1-10-3-8-18-12(10)11(9-13)14-4-6-15(7-5-14)19(2,16)17/h3,8,11H,4-7,9,13H2,1-2H3. The van der Waals surface area contributed by atoms with E-state index in [-0.39, 0.29) is 6.04 Å². The first-order valence-corrected chi connectivity index (χ1v) is 9.09. The molecular weight excluding hydrogens is 282 g/mol. The van der Waals surface area contributed by atoms with E-state index in [2.05, 4.69) is 23.3 Å². The van der Waals surface area contributed by atoms with Crippen LogP contribution in [0.2, 0.25) is 0 Å². The smallest absolute Gasteiger partial charge is 0.211 e. The Kier molecular flexibility index (Phi) is 4.62. The van der Waals surface area contributed by atoms with E-state index in [9.17, 15) is 8.42 Å². The second kappa shape index (κ2) is 5.88. The molecule has 1 aliphatic rings. The molecule has 0 bridgehead atoms. The van der Waals surface area contributed by atoms with Crippen LogP contribution in [0.25, 0.3) is 0 Å². The third-order valence-corrected chi connectivity index (χ3v) is 6.03. The maximum Gasteiger partial charge on any atom is 0.211 e. The lowest BCUT2D eigenvalue weighted by atomic mass is 10.1. The van der Waals surface area contributed by atoms with Crippen molar-refractivity contribution in [2.45, 2.75) is 13.0 Å². The van der Waals surface area contributed by atoms with Crippen molar-refractivity contribution in [3.63, 3.8) is 0 Å². The Balaban J connectivity index is 2.06. The Hall–Kier alpha value is -0.470. The summed E-state index contributed by atoms with van der Waals surface area (Å²) in [6, 6.07) is 2.32. The Morgan fingerprint density at radius 2 is 2.00 bits per heavy atom. The molecule has 7 heteroatoms. The molecule has 2 N–H and O–H groups in total. The summed E-state index contributed by atoms with van der Waals surface area (Å²) < 4.78 is 24.5. The molecule has 0 aliphatic carbocycles. The van der Waals surface area contributed by atoms with Crippen LogP contribution in [0, 0.1) is 6.92 Å². The molecule has 19 heavy (non-hydrogen) atoms. The quantitative estimate of drug-likeness (QED) is 0.886. The van der Waals surface area contributed by atoms with Gasteiger partial charge < -0.3 is 5.73 Å². The van der Waals surface area contributed by atoms with Crippen molar-refractivity contribution in [2.75, 3.05) is 39.0 Å². The van der Waals surface area contributed by atoms with Gasteiger partial charge in [0.1, 0.15) is 0 Å². The molecule has 1 aromatic rings. The van der Waals surface area contributed by atoms with Crippen LogP contribution in [0.5, 0.6) is 0 Å². The fourth-order valence-corrected chi connectivity index (χ4v) is 4.40. The number of rotatable bonds is 4. The van der Waals surface area contributed by atoms with Crippen molar-refractivity contribution < 1.29 is 8.42 Å². The Labute approximate surface area is 119 Å². The highest BCUT2D eigenvalue weighted by Gasteiger charge is 2.28. The number of piperazine rings is 1. The zero-order valence-electron chi connectivity index (χ0n) is 11.4. The van der Waals surface area contributed by atoms with Crippen LogP contribution in [0.4, 0.5) is 0 Å². The molecule has 1 unspecified atom stereocenters. The number of aryl methyl sites for hydroxylation is 1. The minimum absolute atomic E-state index is 0.210. The summed E-state index contributed by atoms with van der Waals surface area (Å²) in [6.07, 6.45) is 1.27. The second-order valence-electron chi connectivity index (χ2n) is 4.92. The van der Waals surface area contributed by atoms with Crippen LogP contribution in [0.3, 0.4) is 0 Å². The monoisotopic (exact) mass is 303 g/mol. The number of sulfonamides is 1. The number of hydrogen-bond acceptors (Lipinski definition) is 5. The van der Waals surface area contributed by atoms with Gasteiger partial charge in [0.2, 0.25) is 10.0 Å². The minimum Gasteiger partial charge on any atom is -0.329 e. The maximum absolute atomic E-state index is 11.5. The summed E-state index contributed by atoms with van der Waals surface area (Å²) in [4.78, 5) is 3.59. The maximum atomic E-state index is 11.5. The second-order valence-corrected chi connectivity index (χ2v) is 7.85. The van der Waals surface area contributed by atoms with E-state index in [1.165, 1.54) is 16.7 Å². The van der Waals surface area contributed by atoms with Crippen molar-refractivity contribution in [1.82, 2.24) is 9.21 Å². The molecule has 1 aromatic heterocycles. The van der Waals surface area contributed by atoms with Crippen LogP contribution in [0.1, 0.15) is 16.5 Å². The summed E-state index contributed by atoms with van der Waals surface area (Å²) in [5.74, 6) is 0. The van der Waals surface area contributed by atoms with E-state index >= 15 is 0 Å². The van der Waals surface area contributed by atoms with Gasteiger partial charge in [0, 0.05) is 37.6 Å². The molecule has 0 radical (unpaired) electrons. The SMILES string of the molecule is Cc1ccsc1C(CN)N1CCN(S(C)(=O)=O)CC1. The van der Waals surface area contributed by atoms with Gasteiger partial charge in [0.25, 0.3) is 0 Å². The molecule has 5 nitrogen and oxygen atoms in total. The molecule has 0 amide bonds. The van der Waals surface area contributed by atoms with Gasteiger partial charge in [-0.25, -0.2) is 8.42 Å². The highest BCUT2D eigenvalue weighted by Crippen LogP contribution is 2.28. The van der Waals surface area contributed by atoms with Gasteiger partial charge in [0.05, 0.1) is 12.3 Å². The first kappa shape index (κ1) is 14.9. The van der Waals surface area contributed by atoms with Gasteiger partial charge in [0.15, 0.2) is 0 Å². The highest BCUT2D eigenvalue weighted by atomic mass is 32.2. The number of nitrogens with two attached hydrogens (primary N) is 1. The topological polar surface area (TPSA) is 66.6 Å². The van der Waals surface area contributed by atoms with Gasteiger partial charge in [-0.05, 0) is 23.9 Å². The predicted molar refractivity (Wildman–Crippen MR) is 78.8 cm³/mol. The first-order chi connectivity index (χ1) is 8.93. The Morgan fingerprint density at radius 1 is 1.37 bits per heavy atom. The molecule has 1 saturated heterocycles. The highest BCUT2D eigenvalue weighted by molar-refractivity contribution is 7.88. The minimum atomic E-state index is -3.07. The normalized spacial score (nSPS) is 20.6. The van der Waals surface area contributed by atoms with E-state index in [0.717, 1.165) is 13.1 Å². The van der Waals surface area contributed by atoms with Crippen LogP contribution < -0.4 is 5.73 Å². The van der Waals surface area contributed by atoms with Crippen LogP contribution in [-0.4, -0.2) is 56.6 Å². The third kappa shape index (κ3) is 3.35. The molecule has 2 heterocycles. The molecule has 108 valence electrons. The van der Waals surface area contributed by atoms with Gasteiger partial charge in [-0.1, -0.05) is 0 Å². The lowest BCUT2D eigenvalue weighted by molar-refractivity contribution is 0.142. The van der Waals surface area contributed by atoms with E-state index in [1.54, 1.807) is 15.6 Å². The Morgan fingerprint density at radius 3 is 2.42 bits per heavy atom. The van der Waals surface area contributed by atoms with Crippen molar-refractivity contribution in [1.29, 1.82) is 0 Å². The summed E-state index contributed by atoms with van der Waals surface area (Å²) >= 11 is 1.73. The zero-order valence-corrected chi connectivity index (χ0v) is 13.0. The van der Waals surface area contributed by atoms with E-state index in [1.807, 2.05) is 0 Å². The van der Waals surface area contributed by atoms with Crippen LogP contribution in [0.15, 0.2) is 11.4 Å². The molecule has 0 spiro atoms. The van der Waals surface area contributed by atoms with Crippen molar-refractivity contribution in [2.24, 2.45) is 5.73 Å². The summed E-state index contributed by atoms with van der Waals surface area (Å²) in [5.41, 5.74) is 7.19. The number of thiophene rings is 1. The average molecular weight is 303 g/mol. The van der Waals surface area contributed by atoms with Gasteiger partial charge in [-0.15, -0.1) is 11.3 Å². The van der Waals surface area contributed by atoms with Crippen LogP contribution in [-0.2, 0) is 10.0 Å². The fraction of sp³-hybridized carbons (Fsp3) is 0.667. The largest absolute Gasteiger partial charge is 0.329 e. The Bertz CT molecular complexity index is 519. The van der Waals surface area contributed by atoms with Gasteiger partial charge >= 0.3 is 0 Å². The summed E-state index contributed by atoms with van der Waals surface area (Å²) in [5, 5.41) is 2.08. The van der Waals surface area contributed by atoms with E-state index < -0.39 is 10.0 Å². The molecule has 2 rings (SSSR count). The van der Waals surface area contributed by atoms with Gasteiger partial charge in [-0.2, -0.15) is 4.31 Å². The predicted octanol–water partition coefficient (Wildman–Crippen LogP) is 0.634. The molecule has 1 atom stereocenters. The molecular formula is C12H21N3O2S2. The van der Waals surface area contributed by atoms with Crippen molar-refractivity contribution in [3.05, 3.63) is 21.9 Å². The molecule has 1 aliphatic heterocycles. The first-order valence-electron chi connectivity index (χ1n) is 6.36. The molecule has 0 saturated carbocycles. The van der Waals surface area contributed by atoms with E-state index in [0.29, 0.717) is 19.6 Å². The van der Waals surface area contributed by atoms with Crippen LogP contribution >= 0.6 is 11.3 Å². The fourth-order valence-electron chi connectivity index (χ4n) is 2.49. The third-order valence-electron chi connectivity index (χ3n) is 3.61. The molecule has 0 aromatic carbocycles. The van der Waals surface area contributed by atoms with Gasteiger partial charge in [-0.3, -0.25) is 4.90 Å². The number of hydrogen-bond donors (Lipinski definition) is 1. The lowest BCUT2D eigenvalue weighted by Crippen LogP contribution is -2.50. The summed E-state index contributed by atoms with van der Waals surface area (Å²) in [6.45, 7) is 5.26. The molecule has 1 fully saturated rings. The lowest BCUT2D eigenvalue weighted by Gasteiger charge is -2.37. The average Bonchev–Trinajstić information content (AvgIpc) is 2.76. The number of nitrogens with zero attached hydrogens (tertiary/aromatic N) is 2.